The van der Waals surface area contributed by atoms with Crippen LogP contribution in [-0.4, -0.2) is 15.0 Å². The van der Waals surface area contributed by atoms with Gasteiger partial charge in [-0.15, -0.1) is 0 Å². The molecule has 5 nitrogen and oxygen atoms in total. The lowest BCUT2D eigenvalue weighted by Gasteiger charge is -2.13. The smallest absolute Gasteiger partial charge is 0.164 e. The summed E-state index contributed by atoms with van der Waals surface area (Å²) in [6.45, 7) is 0. The number of aryl methyl sites for hydroxylation is 1. The van der Waals surface area contributed by atoms with Crippen molar-refractivity contribution in [1.82, 2.24) is 15.0 Å². The van der Waals surface area contributed by atoms with E-state index in [2.05, 4.69) is 140 Å². The molecule has 1 aliphatic carbocycles. The fraction of sp³-hybridized carbons (Fsp3) is 0.0377. The highest BCUT2D eigenvalue weighted by molar-refractivity contribution is 6.19. The first-order valence-corrected chi connectivity index (χ1v) is 19.7. The first-order chi connectivity index (χ1) is 28.7. The second-order valence-corrected chi connectivity index (χ2v) is 15.0. The van der Waals surface area contributed by atoms with E-state index in [-0.39, 0.29) is 0 Å². The van der Waals surface area contributed by atoms with Gasteiger partial charge < -0.3 is 8.83 Å². The molecule has 8 aromatic carbocycles. The van der Waals surface area contributed by atoms with Crippen molar-refractivity contribution in [1.29, 1.82) is 0 Å². The summed E-state index contributed by atoms with van der Waals surface area (Å²) in [5.74, 6) is 1.80. The van der Waals surface area contributed by atoms with E-state index in [9.17, 15) is 0 Å². The average molecular weight is 744 g/mol. The number of fused-ring (bicyclic) bond motifs is 8. The molecule has 0 saturated carbocycles. The van der Waals surface area contributed by atoms with Crippen molar-refractivity contribution in [3.63, 3.8) is 0 Å². The van der Waals surface area contributed by atoms with Crippen molar-refractivity contribution < 1.29 is 8.83 Å². The molecule has 5 heteroatoms. The zero-order valence-electron chi connectivity index (χ0n) is 31.3. The molecule has 0 amide bonds. The van der Waals surface area contributed by atoms with Crippen LogP contribution in [0.5, 0.6) is 0 Å². The summed E-state index contributed by atoms with van der Waals surface area (Å²) < 4.78 is 13.1. The molecule has 11 aromatic rings. The van der Waals surface area contributed by atoms with Gasteiger partial charge in [0.05, 0.1) is 0 Å². The molecule has 0 unspecified atom stereocenters. The molecule has 0 saturated heterocycles. The fourth-order valence-electron chi connectivity index (χ4n) is 8.75. The Hall–Kier alpha value is -7.63. The van der Waals surface area contributed by atoms with Crippen molar-refractivity contribution in [2.24, 2.45) is 0 Å². The van der Waals surface area contributed by atoms with Gasteiger partial charge in [-0.1, -0.05) is 146 Å². The SMILES string of the molecule is C1=Cc2cc(-c3ccc(-c4nc(-c5ccc6ccccc6c5)nc(-c5cccc6oc7c(-c8cccc9oc%10ccccc%10c89)cccc7c56)n4)cc3)ccc2CC1. The van der Waals surface area contributed by atoms with Gasteiger partial charge in [-0.05, 0) is 81.8 Å². The van der Waals surface area contributed by atoms with Gasteiger partial charge >= 0.3 is 0 Å². The molecule has 12 rings (SSSR count). The van der Waals surface area contributed by atoms with Gasteiger partial charge in [-0.3, -0.25) is 0 Å². The Morgan fingerprint density at radius 3 is 1.95 bits per heavy atom. The number of furan rings is 2. The molecule has 0 spiro atoms. The lowest BCUT2D eigenvalue weighted by Crippen LogP contribution is -2.00. The van der Waals surface area contributed by atoms with Crippen LogP contribution in [0.3, 0.4) is 0 Å². The maximum Gasteiger partial charge on any atom is 0.164 e. The van der Waals surface area contributed by atoms with Gasteiger partial charge in [0.2, 0.25) is 0 Å². The lowest BCUT2D eigenvalue weighted by molar-refractivity contribution is 0.668. The predicted molar refractivity (Wildman–Crippen MR) is 236 cm³/mol. The third-order valence-electron chi connectivity index (χ3n) is 11.6. The van der Waals surface area contributed by atoms with Gasteiger partial charge in [-0.2, -0.15) is 0 Å². The van der Waals surface area contributed by atoms with Gasteiger partial charge in [0.1, 0.15) is 22.3 Å². The summed E-state index contributed by atoms with van der Waals surface area (Å²) in [4.78, 5) is 15.6. The molecule has 1 aliphatic rings. The maximum absolute atomic E-state index is 6.80. The van der Waals surface area contributed by atoms with Gasteiger partial charge in [-0.25, -0.2) is 15.0 Å². The number of nitrogens with zero attached hydrogens (tertiary/aromatic N) is 3. The molecule has 0 N–H and O–H groups in total. The van der Waals surface area contributed by atoms with E-state index < -0.39 is 0 Å². The van der Waals surface area contributed by atoms with Crippen molar-refractivity contribution in [2.75, 3.05) is 0 Å². The van der Waals surface area contributed by atoms with Crippen molar-refractivity contribution in [3.05, 3.63) is 181 Å². The minimum absolute atomic E-state index is 0.584. The van der Waals surface area contributed by atoms with E-state index in [1.807, 2.05) is 36.4 Å². The summed E-state index contributed by atoms with van der Waals surface area (Å²) in [5.41, 5.74) is 13.1. The Bertz CT molecular complexity index is 3460. The van der Waals surface area contributed by atoms with E-state index in [0.29, 0.717) is 17.5 Å². The number of hydrogen-bond donors (Lipinski definition) is 0. The van der Waals surface area contributed by atoms with Crippen LogP contribution in [0.2, 0.25) is 0 Å². The fourth-order valence-corrected chi connectivity index (χ4v) is 8.75. The van der Waals surface area contributed by atoms with E-state index in [4.69, 9.17) is 23.8 Å². The summed E-state index contributed by atoms with van der Waals surface area (Å²) in [5, 5.41) is 6.40. The molecule has 0 fully saturated rings. The highest BCUT2D eigenvalue weighted by Crippen LogP contribution is 2.44. The normalized spacial score (nSPS) is 12.6. The van der Waals surface area contributed by atoms with Crippen LogP contribution in [-0.2, 0) is 6.42 Å². The second-order valence-electron chi connectivity index (χ2n) is 15.0. The zero-order valence-corrected chi connectivity index (χ0v) is 31.3. The monoisotopic (exact) mass is 743 g/mol. The van der Waals surface area contributed by atoms with Crippen LogP contribution < -0.4 is 0 Å². The van der Waals surface area contributed by atoms with Gasteiger partial charge in [0.25, 0.3) is 0 Å². The van der Waals surface area contributed by atoms with Crippen LogP contribution in [0, 0.1) is 0 Å². The molecular formula is C53H33N3O2. The second kappa shape index (κ2) is 13.0. The molecule has 0 bridgehead atoms. The average Bonchev–Trinajstić information content (AvgIpc) is 3.88. The topological polar surface area (TPSA) is 65.0 Å². The van der Waals surface area contributed by atoms with E-state index in [1.54, 1.807) is 0 Å². The Morgan fingerprint density at radius 1 is 0.414 bits per heavy atom. The predicted octanol–water partition coefficient (Wildman–Crippen LogP) is 14.1. The van der Waals surface area contributed by atoms with E-state index >= 15 is 0 Å². The lowest BCUT2D eigenvalue weighted by atomic mass is 9.93. The van der Waals surface area contributed by atoms with Crippen molar-refractivity contribution in [3.8, 4) is 56.4 Å². The number of hydrogen-bond acceptors (Lipinski definition) is 5. The van der Waals surface area contributed by atoms with Crippen LogP contribution in [0.15, 0.2) is 179 Å². The third-order valence-corrected chi connectivity index (χ3v) is 11.6. The molecule has 58 heavy (non-hydrogen) atoms. The largest absolute Gasteiger partial charge is 0.456 e. The first kappa shape index (κ1) is 32.6. The van der Waals surface area contributed by atoms with Crippen molar-refractivity contribution in [2.45, 2.75) is 12.8 Å². The quantitative estimate of drug-likeness (QED) is 0.176. The number of aromatic nitrogens is 3. The zero-order chi connectivity index (χ0) is 38.2. The molecular weight excluding hydrogens is 711 g/mol. The molecule has 3 heterocycles. The van der Waals surface area contributed by atoms with Crippen LogP contribution >= 0.6 is 0 Å². The number of allylic oxidation sites excluding steroid dienone is 1. The van der Waals surface area contributed by atoms with Crippen molar-refractivity contribution >= 4 is 60.7 Å². The van der Waals surface area contributed by atoms with Gasteiger partial charge in [0.15, 0.2) is 17.5 Å². The minimum Gasteiger partial charge on any atom is -0.456 e. The highest BCUT2D eigenvalue weighted by Gasteiger charge is 2.21. The maximum atomic E-state index is 6.80. The minimum atomic E-state index is 0.584. The van der Waals surface area contributed by atoms with Crippen LogP contribution in [0.25, 0.3) is 117 Å². The number of benzene rings is 8. The third kappa shape index (κ3) is 5.28. The summed E-state index contributed by atoms with van der Waals surface area (Å²) in [6.07, 6.45) is 6.69. The van der Waals surface area contributed by atoms with E-state index in [1.165, 1.54) is 22.1 Å². The molecule has 3 aromatic heterocycles. The summed E-state index contributed by atoms with van der Waals surface area (Å²) in [6, 6.07) is 57.0. The Morgan fingerprint density at radius 2 is 1.05 bits per heavy atom. The van der Waals surface area contributed by atoms with E-state index in [0.717, 1.165) is 95.5 Å². The Kier molecular flexibility index (Phi) is 7.29. The molecule has 0 aliphatic heterocycles. The summed E-state index contributed by atoms with van der Waals surface area (Å²) in [7, 11) is 0. The van der Waals surface area contributed by atoms with Gasteiger partial charge in [0, 0.05) is 43.8 Å². The first-order valence-electron chi connectivity index (χ1n) is 19.7. The summed E-state index contributed by atoms with van der Waals surface area (Å²) >= 11 is 0. The molecule has 0 radical (unpaired) electrons. The molecule has 272 valence electrons. The number of para-hydroxylation sites is 2. The highest BCUT2D eigenvalue weighted by atomic mass is 16.3. The Labute approximate surface area is 333 Å². The Balaban J connectivity index is 1.03. The van der Waals surface area contributed by atoms with Crippen LogP contribution in [0.4, 0.5) is 0 Å². The standard InChI is InChI=1S/C53H33N3O2/c1-3-12-36-30-38(28-24-32(36)10-1)34-22-26-35(27-23-34)51-54-52(39-29-25-33-11-2-4-13-37(33)31-39)56-53(55-51)44-18-9-21-47-49(44)43-17-7-16-41(50(43)58-47)40-15-8-20-46-48(40)42-14-5-6-19-45(42)57-46/h2-9,11-31H,1,10H2. The number of rotatable bonds is 5. The van der Waals surface area contributed by atoms with Crippen LogP contribution in [0.1, 0.15) is 17.5 Å². The molecule has 0 atom stereocenters.